The van der Waals surface area contributed by atoms with Gasteiger partial charge in [0.1, 0.15) is 0 Å². The first-order valence-corrected chi connectivity index (χ1v) is 10.1. The van der Waals surface area contributed by atoms with Crippen molar-refractivity contribution in [2.24, 2.45) is 5.92 Å². The van der Waals surface area contributed by atoms with Gasteiger partial charge in [0.15, 0.2) is 18.4 Å². The van der Waals surface area contributed by atoms with Crippen LogP contribution in [0.15, 0.2) is 46.1 Å². The summed E-state index contributed by atoms with van der Waals surface area (Å²) in [5.74, 6) is -4.12. The molecule has 2 amide bonds. The second-order valence-electron chi connectivity index (χ2n) is 7.47. The van der Waals surface area contributed by atoms with Gasteiger partial charge in [-0.2, -0.15) is 0 Å². The number of nitrogens with one attached hydrogen (secondary N) is 1. The monoisotopic (exact) mass is 473 g/mol. The molecule has 1 aromatic carbocycles. The quantitative estimate of drug-likeness (QED) is 0.422. The van der Waals surface area contributed by atoms with Crippen LogP contribution < -0.4 is 11.2 Å². The van der Waals surface area contributed by atoms with E-state index in [1.165, 1.54) is 12.1 Å². The zero-order valence-electron chi connectivity index (χ0n) is 18.0. The van der Waals surface area contributed by atoms with Gasteiger partial charge in [-0.15, -0.1) is 5.06 Å². The Kier molecular flexibility index (Phi) is 6.13. The largest absolute Gasteiger partial charge is 0.467 e. The molecule has 2 aliphatic rings. The highest BCUT2D eigenvalue weighted by atomic mass is 16.7. The molecule has 1 aromatic heterocycles. The minimum atomic E-state index is -1.40. The number of H-pyrrole nitrogens is 1. The summed E-state index contributed by atoms with van der Waals surface area (Å²) in [5, 5.41) is 0.545. The van der Waals surface area contributed by atoms with Crippen molar-refractivity contribution in [2.45, 2.75) is 25.4 Å². The van der Waals surface area contributed by atoms with Crippen LogP contribution in [0.4, 0.5) is 0 Å². The van der Waals surface area contributed by atoms with Crippen LogP contribution in [0.25, 0.3) is 0 Å². The number of hydrogen-bond donors (Lipinski definition) is 1. The molecule has 0 unspecified atom stereocenters. The molecule has 2 aromatic rings. The number of esters is 2. The number of carbonyl (C=O) groups excluding carboxylic acids is 4. The van der Waals surface area contributed by atoms with Crippen LogP contribution in [-0.2, 0) is 28.6 Å². The third-order valence-corrected chi connectivity index (χ3v) is 5.39. The molecule has 0 radical (unpaired) electrons. The average Bonchev–Trinajstić information content (AvgIpc) is 3.26. The number of carbonyl (C=O) groups is 4. The summed E-state index contributed by atoms with van der Waals surface area (Å²) in [7, 11) is 1.11. The summed E-state index contributed by atoms with van der Waals surface area (Å²) in [4.78, 5) is 80.8. The third kappa shape index (κ3) is 4.02. The number of fused-ring (bicyclic) bond motifs is 1. The summed E-state index contributed by atoms with van der Waals surface area (Å²) in [6.07, 6.45) is -2.90. The lowest BCUT2D eigenvalue weighted by molar-refractivity contribution is -0.161. The van der Waals surface area contributed by atoms with Gasteiger partial charge in [0.25, 0.3) is 17.4 Å². The van der Waals surface area contributed by atoms with Crippen LogP contribution in [0.3, 0.4) is 0 Å². The van der Waals surface area contributed by atoms with Gasteiger partial charge in [0.05, 0.1) is 30.8 Å². The van der Waals surface area contributed by atoms with E-state index in [0.29, 0.717) is 5.06 Å². The van der Waals surface area contributed by atoms with Gasteiger partial charge in [-0.1, -0.05) is 12.1 Å². The number of aromatic nitrogens is 2. The molecule has 13 nitrogen and oxygen atoms in total. The first-order chi connectivity index (χ1) is 16.2. The van der Waals surface area contributed by atoms with Crippen molar-refractivity contribution < 1.29 is 38.2 Å². The molecule has 3 heterocycles. The lowest BCUT2D eigenvalue weighted by atomic mass is 9.98. The molecule has 4 atom stereocenters. The van der Waals surface area contributed by atoms with Crippen LogP contribution in [0, 0.1) is 5.92 Å². The van der Waals surface area contributed by atoms with Gasteiger partial charge in [0, 0.05) is 19.2 Å². The van der Waals surface area contributed by atoms with E-state index in [2.05, 4.69) is 0 Å². The van der Waals surface area contributed by atoms with Gasteiger partial charge in [0.2, 0.25) is 0 Å². The number of amides is 2. The van der Waals surface area contributed by atoms with E-state index in [1.807, 2.05) is 4.98 Å². The number of benzene rings is 1. The Bertz CT molecular complexity index is 1250. The highest BCUT2D eigenvalue weighted by molar-refractivity contribution is 6.20. The molecule has 1 fully saturated rings. The molecule has 4 rings (SSSR count). The number of imide groups is 1. The van der Waals surface area contributed by atoms with E-state index < -0.39 is 66.0 Å². The minimum Gasteiger partial charge on any atom is -0.467 e. The number of rotatable bonds is 6. The standard InChI is InChI=1S/C21H19N3O10/c1-10(25)33-15-13(9-32-24-17(27)11-5-3-4-6-12(11)18(24)28)16(20(29)31-2)34-19(15)23-8-7-14(26)22-21(23)30/h3-8,13,15-16,19H,9H2,1-2H3,(H,22,26,30)/t13-,15+,16-,19+/m0/s1. The molecule has 0 aliphatic carbocycles. The van der Waals surface area contributed by atoms with Crippen molar-refractivity contribution in [3.63, 3.8) is 0 Å². The summed E-state index contributed by atoms with van der Waals surface area (Å²) >= 11 is 0. The Morgan fingerprint density at radius 2 is 1.71 bits per heavy atom. The fourth-order valence-corrected chi connectivity index (χ4v) is 3.87. The maximum Gasteiger partial charge on any atom is 0.335 e. The highest BCUT2D eigenvalue weighted by Crippen LogP contribution is 2.37. The lowest BCUT2D eigenvalue weighted by Gasteiger charge is -2.25. The number of ether oxygens (including phenoxy) is 3. The van der Waals surface area contributed by atoms with Crippen LogP contribution in [-0.4, -0.2) is 64.3 Å². The lowest BCUT2D eigenvalue weighted by Crippen LogP contribution is -2.42. The van der Waals surface area contributed by atoms with Crippen molar-refractivity contribution in [2.75, 3.05) is 13.7 Å². The second kappa shape index (κ2) is 9.03. The molecule has 1 N–H and O–H groups in total. The van der Waals surface area contributed by atoms with E-state index >= 15 is 0 Å². The Balaban J connectivity index is 1.65. The van der Waals surface area contributed by atoms with Gasteiger partial charge >= 0.3 is 17.6 Å². The number of methoxy groups -OCH3 is 1. The van der Waals surface area contributed by atoms with Gasteiger partial charge in [-0.25, -0.2) is 9.59 Å². The Morgan fingerprint density at radius 3 is 2.26 bits per heavy atom. The van der Waals surface area contributed by atoms with Crippen molar-refractivity contribution in [1.82, 2.24) is 14.6 Å². The van der Waals surface area contributed by atoms with Crippen LogP contribution >= 0.6 is 0 Å². The van der Waals surface area contributed by atoms with Crippen LogP contribution in [0.1, 0.15) is 33.9 Å². The SMILES string of the molecule is COC(=O)[C@H]1O[C@@H](n2ccc(=O)[nH]c2=O)[C@H](OC(C)=O)[C@@H]1CON1C(=O)c2ccccc2C1=O. The van der Waals surface area contributed by atoms with Gasteiger partial charge in [-0.05, 0) is 12.1 Å². The molecular weight excluding hydrogens is 454 g/mol. The number of aromatic amines is 1. The van der Waals surface area contributed by atoms with E-state index in [-0.39, 0.29) is 11.1 Å². The van der Waals surface area contributed by atoms with Crippen LogP contribution in [0.5, 0.6) is 0 Å². The molecular formula is C21H19N3O10. The molecule has 1 saturated heterocycles. The van der Waals surface area contributed by atoms with E-state index in [0.717, 1.165) is 30.9 Å². The first kappa shape index (κ1) is 23.1. The van der Waals surface area contributed by atoms with Crippen molar-refractivity contribution >= 4 is 23.8 Å². The fraction of sp³-hybridized carbons (Fsp3) is 0.333. The maximum absolute atomic E-state index is 12.6. The minimum absolute atomic E-state index is 0.147. The number of nitrogens with zero attached hydrogens (tertiary/aromatic N) is 2. The highest BCUT2D eigenvalue weighted by Gasteiger charge is 2.52. The smallest absolute Gasteiger partial charge is 0.335 e. The zero-order valence-corrected chi connectivity index (χ0v) is 18.0. The van der Waals surface area contributed by atoms with Gasteiger partial charge in [-0.3, -0.25) is 33.6 Å². The predicted molar refractivity (Wildman–Crippen MR) is 109 cm³/mol. The molecule has 178 valence electrons. The van der Waals surface area contributed by atoms with E-state index in [9.17, 15) is 28.8 Å². The number of hydroxylamine groups is 2. The summed E-state index contributed by atoms with van der Waals surface area (Å²) in [5.41, 5.74) is -1.25. The van der Waals surface area contributed by atoms with Crippen molar-refractivity contribution in [1.29, 1.82) is 0 Å². The van der Waals surface area contributed by atoms with E-state index in [1.54, 1.807) is 12.1 Å². The second-order valence-corrected chi connectivity index (χ2v) is 7.47. The first-order valence-electron chi connectivity index (χ1n) is 10.1. The topological polar surface area (TPSA) is 163 Å². The summed E-state index contributed by atoms with van der Waals surface area (Å²) in [6.45, 7) is 0.623. The van der Waals surface area contributed by atoms with Crippen molar-refractivity contribution in [3.05, 3.63) is 68.5 Å². The molecule has 34 heavy (non-hydrogen) atoms. The Labute approximate surface area is 190 Å². The molecule has 0 bridgehead atoms. The normalized spacial score (nSPS) is 23.6. The Hall–Kier alpha value is -4.10. The zero-order chi connectivity index (χ0) is 24.6. The number of hydrogen-bond acceptors (Lipinski definition) is 10. The summed E-state index contributed by atoms with van der Waals surface area (Å²) in [6, 6.07) is 7.17. The van der Waals surface area contributed by atoms with Crippen LogP contribution in [0.2, 0.25) is 0 Å². The van der Waals surface area contributed by atoms with Crippen molar-refractivity contribution in [3.8, 4) is 0 Å². The predicted octanol–water partition coefficient (Wildman–Crippen LogP) is -0.617. The van der Waals surface area contributed by atoms with E-state index in [4.69, 9.17) is 19.0 Å². The fourth-order valence-electron chi connectivity index (χ4n) is 3.87. The molecule has 13 heteroatoms. The molecule has 0 spiro atoms. The third-order valence-electron chi connectivity index (χ3n) is 5.39. The molecule has 2 aliphatic heterocycles. The molecule has 0 saturated carbocycles. The average molecular weight is 473 g/mol. The Morgan fingerprint density at radius 1 is 1.06 bits per heavy atom. The summed E-state index contributed by atoms with van der Waals surface area (Å²) < 4.78 is 16.7. The maximum atomic E-state index is 12.6. The van der Waals surface area contributed by atoms with Gasteiger partial charge < -0.3 is 14.2 Å².